The molecule has 2 aliphatic heterocycles. The Morgan fingerprint density at radius 1 is 1.24 bits per heavy atom. The van der Waals surface area contributed by atoms with Gasteiger partial charge in [0.25, 0.3) is 5.91 Å². The number of hydrogen-bond donors (Lipinski definition) is 1. The van der Waals surface area contributed by atoms with E-state index in [1.165, 1.54) is 5.56 Å². The van der Waals surface area contributed by atoms with E-state index in [4.69, 9.17) is 4.74 Å². The van der Waals surface area contributed by atoms with Gasteiger partial charge in [-0.1, -0.05) is 30.3 Å². The number of morpholine rings is 1. The van der Waals surface area contributed by atoms with Gasteiger partial charge in [-0.25, -0.2) is 0 Å². The Morgan fingerprint density at radius 2 is 2.08 bits per heavy atom. The normalized spacial score (nSPS) is 26.2. The zero-order valence-corrected chi connectivity index (χ0v) is 14.4. The molecule has 5 nitrogen and oxygen atoms in total. The summed E-state index contributed by atoms with van der Waals surface area (Å²) in [5.74, 6) is -0.0402. The van der Waals surface area contributed by atoms with E-state index in [1.54, 1.807) is 12.4 Å². The molecule has 0 aliphatic carbocycles. The monoisotopic (exact) mass is 337 g/mol. The van der Waals surface area contributed by atoms with Crippen LogP contribution in [-0.4, -0.2) is 47.6 Å². The summed E-state index contributed by atoms with van der Waals surface area (Å²) in [7, 11) is 0. The highest BCUT2D eigenvalue weighted by molar-refractivity contribution is 5.94. The molecule has 5 heteroatoms. The number of rotatable bonds is 3. The SMILES string of the molecule is Cc1cncc(C(=O)N[C@@H]2C[C@H]3CO[C@@H](c4ccccc4)CN3C2)c1. The smallest absolute Gasteiger partial charge is 0.253 e. The molecule has 1 aromatic heterocycles. The van der Waals surface area contributed by atoms with Crippen molar-refractivity contribution in [2.45, 2.75) is 31.5 Å². The van der Waals surface area contributed by atoms with Crippen molar-refractivity contribution in [3.05, 3.63) is 65.5 Å². The molecule has 3 heterocycles. The zero-order chi connectivity index (χ0) is 17.2. The molecule has 1 amide bonds. The van der Waals surface area contributed by atoms with Crippen LogP contribution in [0, 0.1) is 6.92 Å². The molecule has 0 bridgehead atoms. The summed E-state index contributed by atoms with van der Waals surface area (Å²) in [4.78, 5) is 19.0. The summed E-state index contributed by atoms with van der Waals surface area (Å²) in [6.07, 6.45) is 4.44. The van der Waals surface area contributed by atoms with Crippen molar-refractivity contribution >= 4 is 5.91 Å². The number of pyridine rings is 1. The second-order valence-electron chi connectivity index (χ2n) is 7.00. The molecule has 3 atom stereocenters. The third kappa shape index (κ3) is 3.57. The van der Waals surface area contributed by atoms with Gasteiger partial charge in [-0.15, -0.1) is 0 Å². The zero-order valence-electron chi connectivity index (χ0n) is 14.4. The minimum atomic E-state index is -0.0402. The van der Waals surface area contributed by atoms with Crippen LogP contribution in [0.3, 0.4) is 0 Å². The van der Waals surface area contributed by atoms with Gasteiger partial charge in [-0.2, -0.15) is 0 Å². The Balaban J connectivity index is 1.37. The topological polar surface area (TPSA) is 54.5 Å². The first-order chi connectivity index (χ1) is 12.2. The van der Waals surface area contributed by atoms with Gasteiger partial charge in [0, 0.05) is 37.6 Å². The van der Waals surface area contributed by atoms with Gasteiger partial charge in [-0.05, 0) is 30.5 Å². The lowest BCUT2D eigenvalue weighted by Crippen LogP contribution is -2.43. The van der Waals surface area contributed by atoms with E-state index in [0.717, 1.165) is 31.7 Å². The fourth-order valence-corrected chi connectivity index (χ4v) is 3.80. The van der Waals surface area contributed by atoms with E-state index < -0.39 is 0 Å². The molecule has 0 spiro atoms. The number of nitrogens with one attached hydrogen (secondary N) is 1. The number of aryl methyl sites for hydroxylation is 1. The number of nitrogens with zero attached hydrogens (tertiary/aromatic N) is 2. The predicted molar refractivity (Wildman–Crippen MR) is 95.3 cm³/mol. The Kier molecular flexibility index (Phi) is 4.51. The molecule has 4 rings (SSSR count). The van der Waals surface area contributed by atoms with Crippen LogP contribution in [0.4, 0.5) is 0 Å². The predicted octanol–water partition coefficient (Wildman–Crippen LogP) is 2.33. The maximum Gasteiger partial charge on any atom is 0.253 e. The Labute approximate surface area is 148 Å². The summed E-state index contributed by atoms with van der Waals surface area (Å²) < 4.78 is 6.07. The maximum atomic E-state index is 12.4. The van der Waals surface area contributed by atoms with Crippen LogP contribution in [0.25, 0.3) is 0 Å². The summed E-state index contributed by atoms with van der Waals surface area (Å²) in [5.41, 5.74) is 2.85. The van der Waals surface area contributed by atoms with Crippen LogP contribution in [0.5, 0.6) is 0 Å². The van der Waals surface area contributed by atoms with Crippen LogP contribution in [0.1, 0.15) is 34.0 Å². The lowest BCUT2D eigenvalue weighted by atomic mass is 10.1. The highest BCUT2D eigenvalue weighted by atomic mass is 16.5. The lowest BCUT2D eigenvalue weighted by Gasteiger charge is -2.35. The van der Waals surface area contributed by atoms with Gasteiger partial charge < -0.3 is 10.1 Å². The van der Waals surface area contributed by atoms with Crippen molar-refractivity contribution in [2.75, 3.05) is 19.7 Å². The number of ether oxygens (including phenoxy) is 1. The molecule has 1 N–H and O–H groups in total. The average Bonchev–Trinajstić information content (AvgIpc) is 3.03. The Bertz CT molecular complexity index is 750. The van der Waals surface area contributed by atoms with Crippen LogP contribution >= 0.6 is 0 Å². The summed E-state index contributed by atoms with van der Waals surface area (Å²) in [5, 5.41) is 3.16. The first kappa shape index (κ1) is 16.2. The minimum absolute atomic E-state index is 0.0402. The number of benzene rings is 1. The molecule has 0 saturated carbocycles. The molecule has 2 aliphatic rings. The Morgan fingerprint density at radius 3 is 2.88 bits per heavy atom. The molecule has 1 aromatic carbocycles. The van der Waals surface area contributed by atoms with Crippen molar-refractivity contribution in [1.29, 1.82) is 0 Å². The number of amides is 1. The van der Waals surface area contributed by atoms with Gasteiger partial charge in [0.05, 0.1) is 18.3 Å². The molecule has 130 valence electrons. The highest BCUT2D eigenvalue weighted by Gasteiger charge is 2.38. The average molecular weight is 337 g/mol. The molecule has 25 heavy (non-hydrogen) atoms. The fraction of sp³-hybridized carbons (Fsp3) is 0.400. The standard InChI is InChI=1S/C20H23N3O2/c1-14-7-16(10-21-9-14)20(24)22-17-8-18-13-25-19(12-23(18)11-17)15-5-3-2-4-6-15/h2-7,9-10,17-19H,8,11-13H2,1H3,(H,22,24)/t17-,18+,19-/m1/s1. The molecular formula is C20H23N3O2. The van der Waals surface area contributed by atoms with Crippen molar-refractivity contribution in [1.82, 2.24) is 15.2 Å². The molecule has 2 fully saturated rings. The molecule has 2 aromatic rings. The van der Waals surface area contributed by atoms with Gasteiger partial charge in [0.2, 0.25) is 0 Å². The Hall–Kier alpha value is -2.24. The van der Waals surface area contributed by atoms with E-state index in [0.29, 0.717) is 11.6 Å². The van der Waals surface area contributed by atoms with Gasteiger partial charge in [0.15, 0.2) is 0 Å². The van der Waals surface area contributed by atoms with Crippen molar-refractivity contribution in [3.63, 3.8) is 0 Å². The van der Waals surface area contributed by atoms with Gasteiger partial charge in [0.1, 0.15) is 0 Å². The highest BCUT2D eigenvalue weighted by Crippen LogP contribution is 2.30. The summed E-state index contributed by atoms with van der Waals surface area (Å²) in [6, 6.07) is 12.8. The van der Waals surface area contributed by atoms with Crippen molar-refractivity contribution < 1.29 is 9.53 Å². The van der Waals surface area contributed by atoms with E-state index >= 15 is 0 Å². The van der Waals surface area contributed by atoms with Crippen molar-refractivity contribution in [2.24, 2.45) is 0 Å². The van der Waals surface area contributed by atoms with Crippen LogP contribution < -0.4 is 5.32 Å². The summed E-state index contributed by atoms with van der Waals surface area (Å²) in [6.45, 7) is 4.42. The van der Waals surface area contributed by atoms with Gasteiger partial charge >= 0.3 is 0 Å². The van der Waals surface area contributed by atoms with Crippen LogP contribution in [0.2, 0.25) is 0 Å². The molecule has 2 saturated heterocycles. The lowest BCUT2D eigenvalue weighted by molar-refractivity contribution is -0.0502. The number of aromatic nitrogens is 1. The van der Waals surface area contributed by atoms with Crippen LogP contribution in [0.15, 0.2) is 48.8 Å². The maximum absolute atomic E-state index is 12.4. The minimum Gasteiger partial charge on any atom is -0.371 e. The quantitative estimate of drug-likeness (QED) is 0.934. The molecule has 0 unspecified atom stereocenters. The van der Waals surface area contributed by atoms with E-state index in [2.05, 4.69) is 27.3 Å². The third-order valence-electron chi connectivity index (χ3n) is 5.06. The van der Waals surface area contributed by atoms with E-state index in [1.807, 2.05) is 31.2 Å². The van der Waals surface area contributed by atoms with Crippen molar-refractivity contribution in [3.8, 4) is 0 Å². The van der Waals surface area contributed by atoms with E-state index in [9.17, 15) is 4.79 Å². The largest absolute Gasteiger partial charge is 0.371 e. The van der Waals surface area contributed by atoms with Crippen LogP contribution in [-0.2, 0) is 4.74 Å². The first-order valence-corrected chi connectivity index (χ1v) is 8.82. The third-order valence-corrected chi connectivity index (χ3v) is 5.06. The second-order valence-corrected chi connectivity index (χ2v) is 7.00. The second kappa shape index (κ2) is 6.94. The van der Waals surface area contributed by atoms with E-state index in [-0.39, 0.29) is 18.1 Å². The number of carbonyl (C=O) groups is 1. The fourth-order valence-electron chi connectivity index (χ4n) is 3.80. The number of carbonyl (C=O) groups excluding carboxylic acids is 1. The first-order valence-electron chi connectivity index (χ1n) is 8.82. The van der Waals surface area contributed by atoms with Gasteiger partial charge in [-0.3, -0.25) is 14.7 Å². The molecular weight excluding hydrogens is 314 g/mol. The number of fused-ring (bicyclic) bond motifs is 1. The number of hydrogen-bond acceptors (Lipinski definition) is 4. The summed E-state index contributed by atoms with van der Waals surface area (Å²) >= 11 is 0. The molecule has 0 radical (unpaired) electrons.